The summed E-state index contributed by atoms with van der Waals surface area (Å²) < 4.78 is 5.29. The molecular weight excluding hydrogens is 276 g/mol. The first-order valence-corrected chi connectivity index (χ1v) is 8.19. The van der Waals surface area contributed by atoms with Crippen LogP contribution in [0.25, 0.3) is 0 Å². The molecule has 1 N–H and O–H groups in total. The van der Waals surface area contributed by atoms with Crippen LogP contribution in [0.1, 0.15) is 32.8 Å². The lowest BCUT2D eigenvalue weighted by Gasteiger charge is -2.29. The van der Waals surface area contributed by atoms with E-state index in [0.29, 0.717) is 6.61 Å². The summed E-state index contributed by atoms with van der Waals surface area (Å²) in [5, 5.41) is 3.37. The van der Waals surface area contributed by atoms with Crippen LogP contribution in [0.15, 0.2) is 24.3 Å². The Balaban J connectivity index is 1.73. The van der Waals surface area contributed by atoms with E-state index in [2.05, 4.69) is 34.5 Å². The van der Waals surface area contributed by atoms with Gasteiger partial charge in [0, 0.05) is 31.9 Å². The Bertz CT molecular complexity index is 471. The van der Waals surface area contributed by atoms with Crippen LogP contribution in [0.5, 0.6) is 0 Å². The molecular formula is C18H28N2O2. The third-order valence-corrected chi connectivity index (χ3v) is 3.87. The second-order valence-corrected chi connectivity index (χ2v) is 6.89. The van der Waals surface area contributed by atoms with Crippen LogP contribution in [-0.4, -0.2) is 38.8 Å². The van der Waals surface area contributed by atoms with Gasteiger partial charge in [0.05, 0.1) is 12.0 Å². The predicted octanol–water partition coefficient (Wildman–Crippen LogP) is 2.62. The molecule has 0 atom stereocenters. The molecule has 1 heterocycles. The van der Waals surface area contributed by atoms with Crippen molar-refractivity contribution in [3.63, 3.8) is 0 Å². The summed E-state index contributed by atoms with van der Waals surface area (Å²) in [6, 6.07) is 8.76. The lowest BCUT2D eigenvalue weighted by molar-refractivity contribution is -0.153. The fraction of sp³-hybridized carbons (Fsp3) is 0.611. The second-order valence-electron chi connectivity index (χ2n) is 6.89. The summed E-state index contributed by atoms with van der Waals surface area (Å²) in [5.74, 6) is -0.124. The Morgan fingerprint density at radius 2 is 1.82 bits per heavy atom. The number of hydrogen-bond acceptors (Lipinski definition) is 4. The van der Waals surface area contributed by atoms with Gasteiger partial charge in [-0.3, -0.25) is 4.79 Å². The molecule has 1 aromatic rings. The van der Waals surface area contributed by atoms with E-state index in [9.17, 15) is 4.79 Å². The number of ether oxygens (including phenoxy) is 1. The molecule has 0 radical (unpaired) electrons. The minimum absolute atomic E-state index is 0.124. The third-order valence-electron chi connectivity index (χ3n) is 3.87. The first-order valence-electron chi connectivity index (χ1n) is 8.19. The van der Waals surface area contributed by atoms with Crippen molar-refractivity contribution in [3.8, 4) is 0 Å². The number of benzene rings is 1. The highest BCUT2D eigenvalue weighted by Crippen LogP contribution is 2.17. The molecule has 0 amide bonds. The van der Waals surface area contributed by atoms with E-state index in [-0.39, 0.29) is 5.97 Å². The highest BCUT2D eigenvalue weighted by molar-refractivity contribution is 5.75. The lowest BCUT2D eigenvalue weighted by Crippen LogP contribution is -2.43. The smallest absolute Gasteiger partial charge is 0.311 e. The molecule has 1 aliphatic rings. The predicted molar refractivity (Wildman–Crippen MR) is 90.3 cm³/mol. The quantitative estimate of drug-likeness (QED) is 0.671. The average Bonchev–Trinajstić information content (AvgIpc) is 2.52. The van der Waals surface area contributed by atoms with E-state index >= 15 is 0 Å². The molecule has 1 aromatic carbocycles. The fourth-order valence-corrected chi connectivity index (χ4v) is 2.45. The molecule has 2 rings (SSSR count). The van der Waals surface area contributed by atoms with Gasteiger partial charge >= 0.3 is 5.97 Å². The molecule has 1 fully saturated rings. The van der Waals surface area contributed by atoms with Gasteiger partial charge in [-0.2, -0.15) is 0 Å². The van der Waals surface area contributed by atoms with Crippen molar-refractivity contribution in [2.24, 2.45) is 5.41 Å². The number of hydrogen-bond donors (Lipinski definition) is 1. The molecule has 0 saturated carbocycles. The molecule has 1 aliphatic heterocycles. The van der Waals surface area contributed by atoms with Gasteiger partial charge in [-0.15, -0.1) is 0 Å². The van der Waals surface area contributed by atoms with E-state index in [4.69, 9.17) is 4.74 Å². The Kier molecular flexibility index (Phi) is 5.83. The van der Waals surface area contributed by atoms with Gasteiger partial charge in [0.25, 0.3) is 0 Å². The Labute approximate surface area is 133 Å². The molecule has 0 aliphatic carbocycles. The number of nitrogens with zero attached hydrogens (tertiary/aromatic N) is 1. The number of rotatable bonds is 5. The molecule has 122 valence electrons. The molecule has 4 heteroatoms. The summed E-state index contributed by atoms with van der Waals surface area (Å²) in [6.45, 7) is 10.4. The molecule has 4 nitrogen and oxygen atoms in total. The van der Waals surface area contributed by atoms with Crippen molar-refractivity contribution in [3.05, 3.63) is 29.8 Å². The normalized spacial score (nSPS) is 15.7. The number of carbonyl (C=O) groups excluding carboxylic acids is 1. The maximum absolute atomic E-state index is 11.7. The fourth-order valence-electron chi connectivity index (χ4n) is 2.45. The maximum Gasteiger partial charge on any atom is 0.311 e. The van der Waals surface area contributed by atoms with Gasteiger partial charge in [0.1, 0.15) is 0 Å². The standard InChI is InChI=1S/C18H28N2O2/c1-18(2,3)17(21)22-14-4-5-15-6-8-16(9-7-15)20-12-10-19-11-13-20/h6-9,19H,4-5,10-14H2,1-3H3. The molecule has 0 aromatic heterocycles. The zero-order valence-electron chi connectivity index (χ0n) is 14.0. The Morgan fingerprint density at radius 3 is 2.41 bits per heavy atom. The van der Waals surface area contributed by atoms with Crippen LogP contribution in [0.2, 0.25) is 0 Å². The summed E-state index contributed by atoms with van der Waals surface area (Å²) in [6.07, 6.45) is 1.81. The zero-order chi connectivity index (χ0) is 16.0. The largest absolute Gasteiger partial charge is 0.465 e. The van der Waals surface area contributed by atoms with Crippen LogP contribution in [0.4, 0.5) is 5.69 Å². The van der Waals surface area contributed by atoms with E-state index in [1.165, 1.54) is 11.3 Å². The Hall–Kier alpha value is -1.55. The Morgan fingerprint density at radius 1 is 1.18 bits per heavy atom. The van der Waals surface area contributed by atoms with Crippen LogP contribution in [0.3, 0.4) is 0 Å². The summed E-state index contributed by atoms with van der Waals surface area (Å²) >= 11 is 0. The monoisotopic (exact) mass is 304 g/mol. The van der Waals surface area contributed by atoms with Crippen molar-refractivity contribution in [2.45, 2.75) is 33.6 Å². The van der Waals surface area contributed by atoms with Crippen molar-refractivity contribution in [1.82, 2.24) is 5.32 Å². The number of carbonyl (C=O) groups is 1. The first-order chi connectivity index (χ1) is 10.5. The number of anilines is 1. The van der Waals surface area contributed by atoms with E-state index in [1.807, 2.05) is 20.8 Å². The highest BCUT2D eigenvalue weighted by Gasteiger charge is 2.22. The number of esters is 1. The molecule has 0 bridgehead atoms. The first kappa shape index (κ1) is 16.8. The van der Waals surface area contributed by atoms with Gasteiger partial charge in [-0.25, -0.2) is 0 Å². The SMILES string of the molecule is CC(C)(C)C(=O)OCCCc1ccc(N2CCNCC2)cc1. The summed E-state index contributed by atoms with van der Waals surface area (Å²) in [4.78, 5) is 14.1. The van der Waals surface area contributed by atoms with Crippen molar-refractivity contribution >= 4 is 11.7 Å². The van der Waals surface area contributed by atoms with Crippen LogP contribution >= 0.6 is 0 Å². The van der Waals surface area contributed by atoms with Crippen LogP contribution in [-0.2, 0) is 16.0 Å². The average molecular weight is 304 g/mol. The topological polar surface area (TPSA) is 41.6 Å². The van der Waals surface area contributed by atoms with Gasteiger partial charge in [-0.1, -0.05) is 12.1 Å². The van der Waals surface area contributed by atoms with Gasteiger partial charge < -0.3 is 15.0 Å². The lowest BCUT2D eigenvalue weighted by atomic mass is 9.97. The highest BCUT2D eigenvalue weighted by atomic mass is 16.5. The molecule has 22 heavy (non-hydrogen) atoms. The van der Waals surface area contributed by atoms with Crippen molar-refractivity contribution < 1.29 is 9.53 Å². The minimum atomic E-state index is -0.412. The van der Waals surface area contributed by atoms with E-state index < -0.39 is 5.41 Å². The van der Waals surface area contributed by atoms with Crippen molar-refractivity contribution in [1.29, 1.82) is 0 Å². The molecule has 1 saturated heterocycles. The number of nitrogens with one attached hydrogen (secondary N) is 1. The van der Waals surface area contributed by atoms with E-state index in [1.54, 1.807) is 0 Å². The summed E-state index contributed by atoms with van der Waals surface area (Å²) in [5.41, 5.74) is 2.18. The van der Waals surface area contributed by atoms with Crippen LogP contribution < -0.4 is 10.2 Å². The summed E-state index contributed by atoms with van der Waals surface area (Å²) in [7, 11) is 0. The number of piperazine rings is 1. The minimum Gasteiger partial charge on any atom is -0.465 e. The van der Waals surface area contributed by atoms with Crippen molar-refractivity contribution in [2.75, 3.05) is 37.7 Å². The molecule has 0 spiro atoms. The van der Waals surface area contributed by atoms with Gasteiger partial charge in [0.2, 0.25) is 0 Å². The zero-order valence-corrected chi connectivity index (χ0v) is 14.0. The van der Waals surface area contributed by atoms with E-state index in [0.717, 1.165) is 39.0 Å². The van der Waals surface area contributed by atoms with Crippen LogP contribution in [0, 0.1) is 5.41 Å². The maximum atomic E-state index is 11.7. The third kappa shape index (κ3) is 5.02. The van der Waals surface area contributed by atoms with Gasteiger partial charge in [-0.05, 0) is 51.3 Å². The molecule has 0 unspecified atom stereocenters. The number of aryl methyl sites for hydroxylation is 1. The second kappa shape index (κ2) is 7.63. The van der Waals surface area contributed by atoms with Gasteiger partial charge in [0.15, 0.2) is 0 Å².